The first-order valence-corrected chi connectivity index (χ1v) is 11.0. The molecule has 2 N–H and O–H groups in total. The number of benzene rings is 2. The van der Waals surface area contributed by atoms with E-state index in [1.165, 1.54) is 5.56 Å². The molecule has 148 valence electrons. The first kappa shape index (κ1) is 19.0. The van der Waals surface area contributed by atoms with Crippen molar-refractivity contribution in [1.29, 1.82) is 0 Å². The Morgan fingerprint density at radius 3 is 2.79 bits per heavy atom. The van der Waals surface area contributed by atoms with E-state index in [-0.39, 0.29) is 18.4 Å². The van der Waals surface area contributed by atoms with E-state index >= 15 is 0 Å². The van der Waals surface area contributed by atoms with Gasteiger partial charge in [-0.1, -0.05) is 24.3 Å². The van der Waals surface area contributed by atoms with Crippen LogP contribution < -0.4 is 9.62 Å². The Kier molecular flexibility index (Phi) is 4.89. The lowest BCUT2D eigenvalue weighted by Gasteiger charge is -2.29. The number of hydrogen-bond acceptors (Lipinski definition) is 4. The van der Waals surface area contributed by atoms with Crippen LogP contribution in [0.2, 0.25) is 0 Å². The zero-order valence-electron chi connectivity index (χ0n) is 15.8. The van der Waals surface area contributed by atoms with Crippen molar-refractivity contribution in [3.05, 3.63) is 59.2 Å². The number of sulfonamides is 1. The zero-order chi connectivity index (χ0) is 19.9. The van der Waals surface area contributed by atoms with Gasteiger partial charge in [0.05, 0.1) is 11.3 Å². The van der Waals surface area contributed by atoms with E-state index in [1.807, 2.05) is 25.1 Å². The highest BCUT2D eigenvalue weighted by Crippen LogP contribution is 2.44. The summed E-state index contributed by atoms with van der Waals surface area (Å²) in [7, 11) is -3.58. The van der Waals surface area contributed by atoms with Crippen molar-refractivity contribution in [2.75, 3.05) is 18.0 Å². The molecule has 4 rings (SSSR count). The second kappa shape index (κ2) is 7.22. The van der Waals surface area contributed by atoms with E-state index in [2.05, 4.69) is 15.7 Å². The molecule has 2 aromatic carbocycles. The summed E-state index contributed by atoms with van der Waals surface area (Å²) in [5.74, 6) is -0.584. The predicted octanol–water partition coefficient (Wildman–Crippen LogP) is 2.67. The van der Waals surface area contributed by atoms with Gasteiger partial charge in [0.25, 0.3) is 0 Å². The van der Waals surface area contributed by atoms with E-state index in [9.17, 15) is 13.2 Å². The molecule has 1 heterocycles. The molecule has 2 aromatic rings. The van der Waals surface area contributed by atoms with E-state index in [1.54, 1.807) is 18.2 Å². The molecule has 0 saturated heterocycles. The lowest BCUT2D eigenvalue weighted by Crippen LogP contribution is -2.40. The van der Waals surface area contributed by atoms with Crippen LogP contribution in [-0.2, 0) is 21.2 Å². The van der Waals surface area contributed by atoms with Gasteiger partial charge in [-0.05, 0) is 54.7 Å². The van der Waals surface area contributed by atoms with Crippen molar-refractivity contribution >= 4 is 21.7 Å². The summed E-state index contributed by atoms with van der Waals surface area (Å²) in [6.45, 7) is 3.09. The van der Waals surface area contributed by atoms with Crippen molar-refractivity contribution in [2.45, 2.75) is 43.0 Å². The number of nitrogens with one attached hydrogen (secondary N) is 1. The Bertz CT molecular complexity index is 1020. The van der Waals surface area contributed by atoms with Crippen LogP contribution in [0.5, 0.6) is 0 Å². The molecule has 0 radical (unpaired) electrons. The number of hydrogen-bond donors (Lipinski definition) is 2. The number of nitrogens with zero attached hydrogens (tertiary/aromatic N) is 1. The summed E-state index contributed by atoms with van der Waals surface area (Å²) in [5.41, 5.74) is 4.43. The maximum Gasteiger partial charge on any atom is 0.305 e. The largest absolute Gasteiger partial charge is 0.481 e. The highest BCUT2D eigenvalue weighted by Gasteiger charge is 2.37. The van der Waals surface area contributed by atoms with Crippen LogP contribution in [0.1, 0.15) is 35.4 Å². The molecule has 1 aliphatic heterocycles. The molecule has 0 saturated carbocycles. The Balaban J connectivity index is 1.54. The molecular weight excluding hydrogens is 376 g/mol. The Hall–Kier alpha value is -2.38. The first-order valence-electron chi connectivity index (χ1n) is 9.51. The van der Waals surface area contributed by atoms with Crippen LogP contribution in [0.25, 0.3) is 0 Å². The second-order valence-electron chi connectivity index (χ2n) is 7.71. The van der Waals surface area contributed by atoms with Crippen molar-refractivity contribution in [1.82, 2.24) is 4.72 Å². The van der Waals surface area contributed by atoms with Gasteiger partial charge in [0.2, 0.25) is 10.0 Å². The molecular formula is C21H24N2O4S. The average molecular weight is 401 g/mol. The molecule has 0 bridgehead atoms. The van der Waals surface area contributed by atoms with Crippen LogP contribution in [0.15, 0.2) is 47.4 Å². The number of rotatable bonds is 6. The number of aliphatic carboxylic acids is 1. The maximum atomic E-state index is 12.8. The van der Waals surface area contributed by atoms with Crippen LogP contribution in [0.3, 0.4) is 0 Å². The second-order valence-corrected chi connectivity index (χ2v) is 9.43. The minimum Gasteiger partial charge on any atom is -0.481 e. The van der Waals surface area contributed by atoms with E-state index in [0.717, 1.165) is 29.8 Å². The monoisotopic (exact) mass is 400 g/mol. The van der Waals surface area contributed by atoms with Gasteiger partial charge in [-0.3, -0.25) is 4.79 Å². The fourth-order valence-electron chi connectivity index (χ4n) is 4.47. The lowest BCUT2D eigenvalue weighted by atomic mass is 9.82. The number of carboxylic acid groups (broad SMARTS) is 1. The molecule has 0 aromatic heterocycles. The topological polar surface area (TPSA) is 86.7 Å². The first-order chi connectivity index (χ1) is 13.3. The van der Waals surface area contributed by atoms with Gasteiger partial charge in [-0.25, -0.2) is 13.1 Å². The van der Waals surface area contributed by atoms with Crippen molar-refractivity contribution in [3.63, 3.8) is 0 Å². The fraction of sp³-hybridized carbons (Fsp3) is 0.381. The van der Waals surface area contributed by atoms with Crippen LogP contribution in [-0.4, -0.2) is 38.6 Å². The summed E-state index contributed by atoms with van der Waals surface area (Å²) >= 11 is 0. The van der Waals surface area contributed by atoms with Gasteiger partial charge in [-0.15, -0.1) is 0 Å². The van der Waals surface area contributed by atoms with Gasteiger partial charge >= 0.3 is 5.97 Å². The summed E-state index contributed by atoms with van der Waals surface area (Å²) in [5, 5.41) is 9.01. The Morgan fingerprint density at radius 2 is 2.04 bits per heavy atom. The Labute approximate surface area is 165 Å². The van der Waals surface area contributed by atoms with E-state index < -0.39 is 16.0 Å². The van der Waals surface area contributed by atoms with Crippen LogP contribution >= 0.6 is 0 Å². The molecule has 2 atom stereocenters. The molecule has 2 aliphatic rings. The molecule has 6 nitrogen and oxygen atoms in total. The standard InChI is InChI=1S/C21H24N2O4S/c1-14-4-2-6-18(10-14)28(26,27)22-17-11-15-5-3-7-19-21(15)16(12-17)13-23(19)9-8-20(24)25/h2-7,10,16-17,22H,8-9,11-13H2,1H3,(H,24,25). The highest BCUT2D eigenvalue weighted by molar-refractivity contribution is 7.89. The molecule has 7 heteroatoms. The van der Waals surface area contributed by atoms with Gasteiger partial charge < -0.3 is 10.0 Å². The summed E-state index contributed by atoms with van der Waals surface area (Å²) < 4.78 is 28.5. The summed E-state index contributed by atoms with van der Waals surface area (Å²) in [6, 6.07) is 12.8. The van der Waals surface area contributed by atoms with Gasteiger partial charge in [0.1, 0.15) is 0 Å². The average Bonchev–Trinajstić information content (AvgIpc) is 2.99. The highest BCUT2D eigenvalue weighted by atomic mass is 32.2. The van der Waals surface area contributed by atoms with Crippen molar-refractivity contribution < 1.29 is 18.3 Å². The summed E-state index contributed by atoms with van der Waals surface area (Å²) in [6.07, 6.45) is 1.47. The third kappa shape index (κ3) is 3.64. The fourth-order valence-corrected chi connectivity index (χ4v) is 5.82. The minimum absolute atomic E-state index is 0.0970. The van der Waals surface area contributed by atoms with Crippen LogP contribution in [0.4, 0.5) is 5.69 Å². The quantitative estimate of drug-likeness (QED) is 0.779. The lowest BCUT2D eigenvalue weighted by molar-refractivity contribution is -0.136. The minimum atomic E-state index is -3.58. The third-order valence-corrected chi connectivity index (χ3v) is 7.13. The molecule has 2 unspecified atom stereocenters. The predicted molar refractivity (Wildman–Crippen MR) is 107 cm³/mol. The van der Waals surface area contributed by atoms with Gasteiger partial charge in [-0.2, -0.15) is 0 Å². The molecule has 0 spiro atoms. The van der Waals surface area contributed by atoms with E-state index in [0.29, 0.717) is 17.9 Å². The number of carboxylic acids is 1. The van der Waals surface area contributed by atoms with Crippen molar-refractivity contribution in [2.24, 2.45) is 0 Å². The molecule has 0 fully saturated rings. The smallest absolute Gasteiger partial charge is 0.305 e. The maximum absolute atomic E-state index is 12.8. The molecule has 1 aliphatic carbocycles. The Morgan fingerprint density at radius 1 is 1.25 bits per heavy atom. The SMILES string of the molecule is Cc1cccc(S(=O)(=O)NC2Cc3cccc4c3C(C2)CN4CCC(=O)O)c1. The normalized spacial score (nSPS) is 20.8. The van der Waals surface area contributed by atoms with Gasteiger partial charge in [0.15, 0.2) is 0 Å². The molecule has 28 heavy (non-hydrogen) atoms. The van der Waals surface area contributed by atoms with Gasteiger partial charge in [0, 0.05) is 30.7 Å². The summed E-state index contributed by atoms with van der Waals surface area (Å²) in [4.78, 5) is 13.4. The zero-order valence-corrected chi connectivity index (χ0v) is 16.6. The van der Waals surface area contributed by atoms with E-state index in [4.69, 9.17) is 5.11 Å². The number of aryl methyl sites for hydroxylation is 1. The van der Waals surface area contributed by atoms with Crippen molar-refractivity contribution in [3.8, 4) is 0 Å². The third-order valence-electron chi connectivity index (χ3n) is 5.62. The number of carbonyl (C=O) groups is 1. The number of anilines is 1. The molecule has 0 amide bonds. The van der Waals surface area contributed by atoms with Crippen LogP contribution in [0, 0.1) is 6.92 Å².